The van der Waals surface area contributed by atoms with Crippen LogP contribution in [0.2, 0.25) is 0 Å². The first-order valence-corrected chi connectivity index (χ1v) is 8.44. The van der Waals surface area contributed by atoms with Gasteiger partial charge >= 0.3 is 0 Å². The minimum atomic E-state index is 0.113. The van der Waals surface area contributed by atoms with Gasteiger partial charge in [-0.05, 0) is 43.5 Å². The van der Waals surface area contributed by atoms with Crippen molar-refractivity contribution in [3.05, 3.63) is 59.4 Å². The molecule has 1 heterocycles. The third-order valence-electron chi connectivity index (χ3n) is 4.25. The third-order valence-corrected chi connectivity index (χ3v) is 4.25. The molecule has 0 unspecified atom stereocenters. The van der Waals surface area contributed by atoms with Gasteiger partial charge in [-0.1, -0.05) is 30.3 Å². The Morgan fingerprint density at radius 1 is 1.04 bits per heavy atom. The second-order valence-corrected chi connectivity index (χ2v) is 6.06. The number of hydrogen-bond acceptors (Lipinski definition) is 3. The van der Waals surface area contributed by atoms with Crippen molar-refractivity contribution in [2.24, 2.45) is 0 Å². The fourth-order valence-corrected chi connectivity index (χ4v) is 3.09. The molecule has 0 amide bonds. The van der Waals surface area contributed by atoms with Crippen molar-refractivity contribution in [3.63, 3.8) is 0 Å². The van der Waals surface area contributed by atoms with Crippen molar-refractivity contribution in [2.75, 3.05) is 13.2 Å². The molecule has 1 N–H and O–H groups in total. The standard InChI is InChI=1S/C20H24N2O2/c1-15-7-5-8-16(2)20(15)24-14-6-12-22-18-10-4-3-9-17(18)21-19(22)11-13-23/h3-5,7-10,23H,6,11-14H2,1-2H3. The Kier molecular flexibility index (Phi) is 5.16. The molecule has 1 aromatic heterocycles. The predicted molar refractivity (Wildman–Crippen MR) is 96.6 cm³/mol. The lowest BCUT2D eigenvalue weighted by Gasteiger charge is -2.13. The molecule has 0 saturated heterocycles. The highest BCUT2D eigenvalue weighted by Gasteiger charge is 2.10. The highest BCUT2D eigenvalue weighted by atomic mass is 16.5. The molecular weight excluding hydrogens is 300 g/mol. The zero-order chi connectivity index (χ0) is 16.9. The van der Waals surface area contributed by atoms with E-state index in [0.29, 0.717) is 13.0 Å². The minimum Gasteiger partial charge on any atom is -0.493 e. The first kappa shape index (κ1) is 16.5. The van der Waals surface area contributed by atoms with E-state index in [1.807, 2.05) is 18.2 Å². The van der Waals surface area contributed by atoms with E-state index in [9.17, 15) is 5.11 Å². The van der Waals surface area contributed by atoms with Gasteiger partial charge in [0.25, 0.3) is 0 Å². The third kappa shape index (κ3) is 3.44. The lowest BCUT2D eigenvalue weighted by Crippen LogP contribution is -2.09. The van der Waals surface area contributed by atoms with Crippen molar-refractivity contribution < 1.29 is 9.84 Å². The Labute approximate surface area is 142 Å². The van der Waals surface area contributed by atoms with E-state index in [1.165, 1.54) is 11.1 Å². The van der Waals surface area contributed by atoms with Crippen LogP contribution < -0.4 is 4.74 Å². The zero-order valence-corrected chi connectivity index (χ0v) is 14.3. The van der Waals surface area contributed by atoms with Crippen LogP contribution in [-0.4, -0.2) is 27.9 Å². The summed E-state index contributed by atoms with van der Waals surface area (Å²) < 4.78 is 8.19. The summed E-state index contributed by atoms with van der Waals surface area (Å²) in [5.41, 5.74) is 4.44. The summed E-state index contributed by atoms with van der Waals surface area (Å²) in [4.78, 5) is 4.63. The van der Waals surface area contributed by atoms with E-state index in [4.69, 9.17) is 4.74 Å². The highest BCUT2D eigenvalue weighted by molar-refractivity contribution is 5.75. The van der Waals surface area contributed by atoms with Gasteiger partial charge < -0.3 is 14.4 Å². The lowest BCUT2D eigenvalue weighted by atomic mass is 10.1. The molecule has 0 atom stereocenters. The van der Waals surface area contributed by atoms with Crippen LogP contribution in [0.1, 0.15) is 23.4 Å². The topological polar surface area (TPSA) is 47.3 Å². The van der Waals surface area contributed by atoms with Crippen LogP contribution in [0.4, 0.5) is 0 Å². The SMILES string of the molecule is Cc1cccc(C)c1OCCCn1c(CCO)nc2ccccc21. The molecule has 0 radical (unpaired) electrons. The quantitative estimate of drug-likeness (QED) is 0.675. The number of rotatable bonds is 7. The largest absolute Gasteiger partial charge is 0.493 e. The minimum absolute atomic E-state index is 0.113. The van der Waals surface area contributed by atoms with E-state index in [2.05, 4.69) is 47.7 Å². The molecule has 0 spiro atoms. The van der Waals surface area contributed by atoms with Crippen LogP contribution in [0.3, 0.4) is 0 Å². The molecule has 0 aliphatic rings. The van der Waals surface area contributed by atoms with Crippen molar-refractivity contribution in [3.8, 4) is 5.75 Å². The van der Waals surface area contributed by atoms with Gasteiger partial charge in [-0.25, -0.2) is 4.98 Å². The maximum absolute atomic E-state index is 9.27. The summed E-state index contributed by atoms with van der Waals surface area (Å²) in [5, 5.41) is 9.27. The van der Waals surface area contributed by atoms with Crippen LogP contribution in [-0.2, 0) is 13.0 Å². The smallest absolute Gasteiger partial charge is 0.125 e. The number of fused-ring (bicyclic) bond motifs is 1. The van der Waals surface area contributed by atoms with Crippen LogP contribution in [0.15, 0.2) is 42.5 Å². The molecule has 3 aromatic rings. The summed E-state index contributed by atoms with van der Waals surface area (Å²) in [5.74, 6) is 1.93. The lowest BCUT2D eigenvalue weighted by molar-refractivity contribution is 0.288. The van der Waals surface area contributed by atoms with Crippen LogP contribution in [0.5, 0.6) is 5.75 Å². The average molecular weight is 324 g/mol. The van der Waals surface area contributed by atoms with E-state index >= 15 is 0 Å². The molecule has 0 aliphatic carbocycles. The second-order valence-electron chi connectivity index (χ2n) is 6.06. The number of para-hydroxylation sites is 3. The molecule has 3 rings (SSSR count). The molecule has 0 aliphatic heterocycles. The Morgan fingerprint density at radius 3 is 2.54 bits per heavy atom. The molecule has 2 aromatic carbocycles. The number of aryl methyl sites for hydroxylation is 3. The summed E-state index contributed by atoms with van der Waals surface area (Å²) in [7, 11) is 0. The maximum atomic E-state index is 9.27. The molecule has 24 heavy (non-hydrogen) atoms. The zero-order valence-electron chi connectivity index (χ0n) is 14.3. The fourth-order valence-electron chi connectivity index (χ4n) is 3.09. The van der Waals surface area contributed by atoms with E-state index in [-0.39, 0.29) is 6.61 Å². The maximum Gasteiger partial charge on any atom is 0.125 e. The molecule has 4 nitrogen and oxygen atoms in total. The van der Waals surface area contributed by atoms with Gasteiger partial charge in [0, 0.05) is 13.0 Å². The van der Waals surface area contributed by atoms with E-state index in [1.54, 1.807) is 0 Å². The van der Waals surface area contributed by atoms with Gasteiger partial charge in [0.1, 0.15) is 11.6 Å². The first-order valence-electron chi connectivity index (χ1n) is 8.44. The number of benzene rings is 2. The van der Waals surface area contributed by atoms with Crippen LogP contribution in [0.25, 0.3) is 11.0 Å². The predicted octanol–water partition coefficient (Wildman–Crippen LogP) is 3.66. The number of hydrogen-bond donors (Lipinski definition) is 1. The molecule has 0 saturated carbocycles. The second kappa shape index (κ2) is 7.49. The normalized spacial score (nSPS) is 11.1. The fraction of sp³-hybridized carbons (Fsp3) is 0.350. The number of imidazole rings is 1. The number of nitrogens with zero attached hydrogens (tertiary/aromatic N) is 2. The highest BCUT2D eigenvalue weighted by Crippen LogP contribution is 2.23. The number of aliphatic hydroxyl groups excluding tert-OH is 1. The number of aliphatic hydroxyl groups is 1. The average Bonchev–Trinajstić information content (AvgIpc) is 2.92. The molecule has 126 valence electrons. The van der Waals surface area contributed by atoms with Crippen molar-refractivity contribution >= 4 is 11.0 Å². The van der Waals surface area contributed by atoms with Gasteiger partial charge in [-0.2, -0.15) is 0 Å². The van der Waals surface area contributed by atoms with Gasteiger partial charge in [0.05, 0.1) is 24.2 Å². The molecule has 0 fully saturated rings. The monoisotopic (exact) mass is 324 g/mol. The summed E-state index contributed by atoms with van der Waals surface area (Å²) >= 11 is 0. The van der Waals surface area contributed by atoms with E-state index < -0.39 is 0 Å². The molecule has 4 heteroatoms. The van der Waals surface area contributed by atoms with Gasteiger partial charge in [0.15, 0.2) is 0 Å². The molecular formula is C20H24N2O2. The summed E-state index contributed by atoms with van der Waals surface area (Å²) in [6.07, 6.45) is 1.47. The van der Waals surface area contributed by atoms with Crippen molar-refractivity contribution in [1.82, 2.24) is 9.55 Å². The Balaban J connectivity index is 1.68. The van der Waals surface area contributed by atoms with E-state index in [0.717, 1.165) is 35.6 Å². The van der Waals surface area contributed by atoms with Gasteiger partial charge in [0.2, 0.25) is 0 Å². The molecule has 0 bridgehead atoms. The Hall–Kier alpha value is -2.33. The van der Waals surface area contributed by atoms with Gasteiger partial charge in [-0.15, -0.1) is 0 Å². The Morgan fingerprint density at radius 2 is 1.79 bits per heavy atom. The summed E-state index contributed by atoms with van der Waals surface area (Å²) in [6.45, 7) is 5.76. The number of aromatic nitrogens is 2. The van der Waals surface area contributed by atoms with Crippen LogP contribution in [0, 0.1) is 13.8 Å². The number of ether oxygens (including phenoxy) is 1. The van der Waals surface area contributed by atoms with Gasteiger partial charge in [-0.3, -0.25) is 0 Å². The van der Waals surface area contributed by atoms with Crippen molar-refractivity contribution in [2.45, 2.75) is 33.2 Å². The van der Waals surface area contributed by atoms with Crippen molar-refractivity contribution in [1.29, 1.82) is 0 Å². The Bertz CT molecular complexity index is 803. The first-order chi connectivity index (χ1) is 11.7. The summed E-state index contributed by atoms with van der Waals surface area (Å²) in [6, 6.07) is 14.3. The van der Waals surface area contributed by atoms with Crippen LogP contribution >= 0.6 is 0 Å².